The first-order valence-electron chi connectivity index (χ1n) is 5.12. The van der Waals surface area contributed by atoms with Crippen molar-refractivity contribution in [1.29, 1.82) is 5.41 Å². The van der Waals surface area contributed by atoms with E-state index in [1.807, 2.05) is 0 Å². The lowest BCUT2D eigenvalue weighted by atomic mass is 10.3. The lowest BCUT2D eigenvalue weighted by molar-refractivity contribution is -0.0497. The van der Waals surface area contributed by atoms with Gasteiger partial charge in [-0.05, 0) is 22.0 Å². The van der Waals surface area contributed by atoms with E-state index in [1.165, 1.54) is 12.1 Å². The molecule has 0 aliphatic carbocycles. The minimum atomic E-state index is -3.70. The Labute approximate surface area is 121 Å². The SMILES string of the molecule is CS(=O)(=O)n1c(C=N)nc2cc(OC(F)F)cc(Br)c21. The van der Waals surface area contributed by atoms with Crippen LogP contribution in [0.3, 0.4) is 0 Å². The third-order valence-corrected chi connectivity index (χ3v) is 3.99. The van der Waals surface area contributed by atoms with Crippen molar-refractivity contribution >= 4 is 43.2 Å². The summed E-state index contributed by atoms with van der Waals surface area (Å²) in [6, 6.07) is 2.40. The summed E-state index contributed by atoms with van der Waals surface area (Å²) >= 11 is 3.10. The van der Waals surface area contributed by atoms with Gasteiger partial charge in [0.05, 0.1) is 23.5 Å². The Morgan fingerprint density at radius 2 is 2.15 bits per heavy atom. The molecule has 0 aliphatic rings. The largest absolute Gasteiger partial charge is 0.435 e. The zero-order chi connectivity index (χ0) is 15.1. The predicted octanol–water partition coefficient (Wildman–Crippen LogP) is 2.21. The number of rotatable bonds is 4. The maximum absolute atomic E-state index is 12.2. The first-order valence-corrected chi connectivity index (χ1v) is 7.76. The van der Waals surface area contributed by atoms with Crippen LogP contribution < -0.4 is 4.74 Å². The molecule has 1 aromatic heterocycles. The number of alkyl halides is 2. The van der Waals surface area contributed by atoms with Crippen molar-refractivity contribution in [3.05, 3.63) is 22.4 Å². The average Bonchev–Trinajstić information content (AvgIpc) is 2.66. The van der Waals surface area contributed by atoms with Gasteiger partial charge in [-0.2, -0.15) is 8.78 Å². The van der Waals surface area contributed by atoms with Crippen LogP contribution in [0, 0.1) is 5.41 Å². The summed E-state index contributed by atoms with van der Waals surface area (Å²) in [6.45, 7) is -3.00. The number of nitrogens with zero attached hydrogens (tertiary/aromatic N) is 2. The summed E-state index contributed by atoms with van der Waals surface area (Å²) in [5.41, 5.74) is 0.284. The van der Waals surface area contributed by atoms with Gasteiger partial charge in [-0.25, -0.2) is 17.4 Å². The number of halogens is 3. The van der Waals surface area contributed by atoms with E-state index in [-0.39, 0.29) is 27.1 Å². The van der Waals surface area contributed by atoms with Gasteiger partial charge in [-0.15, -0.1) is 0 Å². The fourth-order valence-electron chi connectivity index (χ4n) is 1.73. The standard InChI is InChI=1S/C10H8BrF2N3O3S/c1-20(17,18)16-8(4-14)15-7-3-5(19-10(12)13)2-6(11)9(7)16/h2-4,10,14H,1H3. The molecule has 0 atom stereocenters. The van der Waals surface area contributed by atoms with Crippen LogP contribution in [0.4, 0.5) is 8.78 Å². The summed E-state index contributed by atoms with van der Waals surface area (Å²) in [5, 5.41) is 7.19. The zero-order valence-electron chi connectivity index (χ0n) is 9.97. The Morgan fingerprint density at radius 3 is 2.65 bits per heavy atom. The molecule has 20 heavy (non-hydrogen) atoms. The van der Waals surface area contributed by atoms with Gasteiger partial charge >= 0.3 is 6.61 Å². The quantitative estimate of drug-likeness (QED) is 0.839. The van der Waals surface area contributed by atoms with E-state index in [0.717, 1.165) is 16.4 Å². The molecule has 108 valence electrons. The molecule has 0 amide bonds. The van der Waals surface area contributed by atoms with Crippen LogP contribution in [-0.4, -0.2) is 36.5 Å². The molecule has 0 radical (unpaired) electrons. The predicted molar refractivity (Wildman–Crippen MR) is 72.2 cm³/mol. The van der Waals surface area contributed by atoms with Crippen molar-refractivity contribution in [2.45, 2.75) is 6.61 Å². The van der Waals surface area contributed by atoms with Crippen LogP contribution in [0.25, 0.3) is 11.0 Å². The summed E-state index contributed by atoms with van der Waals surface area (Å²) in [5.74, 6) is -0.286. The van der Waals surface area contributed by atoms with Crippen molar-refractivity contribution in [2.24, 2.45) is 0 Å². The van der Waals surface area contributed by atoms with Crippen molar-refractivity contribution in [3.63, 3.8) is 0 Å². The van der Waals surface area contributed by atoms with Crippen LogP contribution in [0.15, 0.2) is 16.6 Å². The van der Waals surface area contributed by atoms with Crippen LogP contribution >= 0.6 is 15.9 Å². The Balaban J connectivity index is 2.79. The number of imidazole rings is 1. The van der Waals surface area contributed by atoms with Gasteiger partial charge in [0.2, 0.25) is 10.0 Å². The van der Waals surface area contributed by atoms with Gasteiger partial charge < -0.3 is 10.1 Å². The monoisotopic (exact) mass is 367 g/mol. The van der Waals surface area contributed by atoms with E-state index >= 15 is 0 Å². The van der Waals surface area contributed by atoms with Crippen LogP contribution in [0.1, 0.15) is 5.82 Å². The molecule has 0 saturated heterocycles. The summed E-state index contributed by atoms with van der Waals surface area (Å²) in [4.78, 5) is 3.91. The number of fused-ring (bicyclic) bond motifs is 1. The fraction of sp³-hybridized carbons (Fsp3) is 0.200. The zero-order valence-corrected chi connectivity index (χ0v) is 12.4. The van der Waals surface area contributed by atoms with Crippen LogP contribution in [0.5, 0.6) is 5.75 Å². The lowest BCUT2D eigenvalue weighted by Gasteiger charge is -2.07. The molecule has 6 nitrogen and oxygen atoms in total. The Bertz CT molecular complexity index is 789. The highest BCUT2D eigenvalue weighted by molar-refractivity contribution is 9.10. The molecular weight excluding hydrogens is 360 g/mol. The second kappa shape index (κ2) is 5.09. The van der Waals surface area contributed by atoms with E-state index in [9.17, 15) is 17.2 Å². The van der Waals surface area contributed by atoms with E-state index in [2.05, 4.69) is 25.7 Å². The maximum atomic E-state index is 12.2. The number of benzene rings is 1. The molecule has 10 heteroatoms. The van der Waals surface area contributed by atoms with Crippen LogP contribution in [0.2, 0.25) is 0 Å². The number of nitrogens with one attached hydrogen (secondary N) is 1. The van der Waals surface area contributed by atoms with E-state index < -0.39 is 16.6 Å². The molecule has 0 bridgehead atoms. The third kappa shape index (κ3) is 2.66. The van der Waals surface area contributed by atoms with Crippen molar-refractivity contribution in [1.82, 2.24) is 8.96 Å². The molecule has 1 aromatic carbocycles. The van der Waals surface area contributed by atoms with Crippen molar-refractivity contribution < 1.29 is 21.9 Å². The molecule has 0 spiro atoms. The minimum absolute atomic E-state index is 0.124. The molecular formula is C10H8BrF2N3O3S. The number of hydrogen-bond donors (Lipinski definition) is 1. The highest BCUT2D eigenvalue weighted by atomic mass is 79.9. The fourth-order valence-corrected chi connectivity index (χ4v) is 3.41. The average molecular weight is 368 g/mol. The molecule has 1 heterocycles. The summed E-state index contributed by atoms with van der Waals surface area (Å²) in [7, 11) is -3.70. The van der Waals surface area contributed by atoms with Crippen LogP contribution in [-0.2, 0) is 10.0 Å². The van der Waals surface area contributed by atoms with Gasteiger partial charge in [0.25, 0.3) is 0 Å². The topological polar surface area (TPSA) is 85.0 Å². The third-order valence-electron chi connectivity index (χ3n) is 2.35. The Morgan fingerprint density at radius 1 is 1.50 bits per heavy atom. The normalized spacial score (nSPS) is 12.1. The van der Waals surface area contributed by atoms with Crippen molar-refractivity contribution in [2.75, 3.05) is 6.26 Å². The van der Waals surface area contributed by atoms with Crippen molar-refractivity contribution in [3.8, 4) is 5.75 Å². The lowest BCUT2D eigenvalue weighted by Crippen LogP contribution is -2.13. The van der Waals surface area contributed by atoms with E-state index in [1.54, 1.807) is 0 Å². The molecule has 0 fully saturated rings. The molecule has 2 aromatic rings. The Kier molecular flexibility index (Phi) is 3.78. The second-order valence-electron chi connectivity index (χ2n) is 3.79. The highest BCUT2D eigenvalue weighted by Gasteiger charge is 2.20. The van der Waals surface area contributed by atoms with Gasteiger partial charge in [-0.3, -0.25) is 0 Å². The molecule has 1 N–H and O–H groups in total. The number of ether oxygens (including phenoxy) is 1. The summed E-state index contributed by atoms with van der Waals surface area (Å²) < 4.78 is 53.2. The first kappa shape index (κ1) is 14.9. The van der Waals surface area contributed by atoms with E-state index in [0.29, 0.717) is 0 Å². The van der Waals surface area contributed by atoms with Gasteiger partial charge in [0.1, 0.15) is 5.75 Å². The van der Waals surface area contributed by atoms with Gasteiger partial charge in [-0.1, -0.05) is 0 Å². The summed E-state index contributed by atoms with van der Waals surface area (Å²) in [6.07, 6.45) is 1.72. The molecule has 0 aliphatic heterocycles. The second-order valence-corrected chi connectivity index (χ2v) is 6.48. The molecule has 2 rings (SSSR count). The molecule has 0 saturated carbocycles. The highest BCUT2D eigenvalue weighted by Crippen LogP contribution is 2.31. The smallest absolute Gasteiger partial charge is 0.387 e. The minimum Gasteiger partial charge on any atom is -0.435 e. The number of aromatic nitrogens is 2. The number of hydrogen-bond acceptors (Lipinski definition) is 5. The van der Waals surface area contributed by atoms with Gasteiger partial charge in [0.15, 0.2) is 5.82 Å². The Hall–Kier alpha value is -1.55. The first-order chi connectivity index (χ1) is 9.24. The van der Waals surface area contributed by atoms with E-state index in [4.69, 9.17) is 5.41 Å². The molecule has 0 unspecified atom stereocenters. The van der Waals surface area contributed by atoms with Gasteiger partial charge in [0, 0.05) is 10.5 Å². The maximum Gasteiger partial charge on any atom is 0.387 e.